The van der Waals surface area contributed by atoms with Crippen LogP contribution in [0.25, 0.3) is 11.1 Å². The van der Waals surface area contributed by atoms with Gasteiger partial charge in [0.25, 0.3) is 0 Å². The maximum absolute atomic E-state index is 6.16. The monoisotopic (exact) mass is 278 g/mol. The van der Waals surface area contributed by atoms with E-state index in [-0.39, 0.29) is 12.1 Å². The van der Waals surface area contributed by atoms with E-state index in [1.807, 2.05) is 60.5 Å². The lowest BCUT2D eigenvalue weighted by molar-refractivity contribution is 0.453. The Labute approximate surface area is 124 Å². The molecule has 0 spiro atoms. The van der Waals surface area contributed by atoms with Crippen molar-refractivity contribution in [1.82, 2.24) is 14.8 Å². The highest BCUT2D eigenvalue weighted by Gasteiger charge is 2.19. The van der Waals surface area contributed by atoms with E-state index < -0.39 is 0 Å². The van der Waals surface area contributed by atoms with Gasteiger partial charge in [0.1, 0.15) is 0 Å². The van der Waals surface area contributed by atoms with Crippen LogP contribution in [0.2, 0.25) is 0 Å². The minimum absolute atomic E-state index is 0.0174. The molecular weight excluding hydrogens is 260 g/mol. The third-order valence-corrected chi connectivity index (χ3v) is 3.52. The molecule has 2 N–H and O–H groups in total. The summed E-state index contributed by atoms with van der Waals surface area (Å²) in [5.41, 5.74) is 9.46. The van der Waals surface area contributed by atoms with Gasteiger partial charge in [0, 0.05) is 30.2 Å². The molecule has 0 bridgehead atoms. The van der Waals surface area contributed by atoms with Crippen molar-refractivity contribution in [2.24, 2.45) is 5.73 Å². The van der Waals surface area contributed by atoms with Gasteiger partial charge in [-0.15, -0.1) is 0 Å². The topological polar surface area (TPSA) is 56.7 Å². The van der Waals surface area contributed by atoms with Crippen LogP contribution in [0, 0.1) is 0 Å². The lowest BCUT2D eigenvalue weighted by atomic mass is 10.0. The standard InChI is InChI=1S/C17H18N4/c1-13(18)17(15-8-5-9-19-10-15)21-12-16(11-20-21)14-6-3-2-4-7-14/h2-13,17H,18H2,1H3. The van der Waals surface area contributed by atoms with E-state index in [9.17, 15) is 0 Å². The molecule has 2 unspecified atom stereocenters. The van der Waals surface area contributed by atoms with Crippen molar-refractivity contribution in [3.05, 3.63) is 72.8 Å². The summed E-state index contributed by atoms with van der Waals surface area (Å²) in [5.74, 6) is 0. The maximum atomic E-state index is 6.16. The Balaban J connectivity index is 1.97. The summed E-state index contributed by atoms with van der Waals surface area (Å²) in [7, 11) is 0. The van der Waals surface area contributed by atoms with Gasteiger partial charge in [-0.3, -0.25) is 9.67 Å². The van der Waals surface area contributed by atoms with Crippen LogP contribution in [-0.4, -0.2) is 20.8 Å². The van der Waals surface area contributed by atoms with Crippen molar-refractivity contribution in [3.63, 3.8) is 0 Å². The SMILES string of the molecule is CC(N)C(c1cccnc1)n1cc(-c2ccccc2)cn1. The van der Waals surface area contributed by atoms with Gasteiger partial charge in [-0.2, -0.15) is 5.10 Å². The fourth-order valence-electron chi connectivity index (χ4n) is 2.52. The summed E-state index contributed by atoms with van der Waals surface area (Å²) in [5, 5.41) is 4.50. The molecule has 2 atom stereocenters. The lowest BCUT2D eigenvalue weighted by Crippen LogP contribution is -2.30. The largest absolute Gasteiger partial charge is 0.326 e. The third kappa shape index (κ3) is 2.85. The highest BCUT2D eigenvalue weighted by Crippen LogP contribution is 2.24. The number of aromatic nitrogens is 3. The summed E-state index contributed by atoms with van der Waals surface area (Å²) in [6.45, 7) is 1.99. The van der Waals surface area contributed by atoms with E-state index in [0.717, 1.165) is 16.7 Å². The molecule has 0 aliphatic carbocycles. The van der Waals surface area contributed by atoms with Gasteiger partial charge in [0.15, 0.2) is 0 Å². The van der Waals surface area contributed by atoms with E-state index in [0.29, 0.717) is 0 Å². The van der Waals surface area contributed by atoms with E-state index in [1.54, 1.807) is 6.20 Å². The summed E-state index contributed by atoms with van der Waals surface area (Å²) in [6.07, 6.45) is 7.52. The minimum Gasteiger partial charge on any atom is -0.326 e. The van der Waals surface area contributed by atoms with Crippen LogP contribution >= 0.6 is 0 Å². The lowest BCUT2D eigenvalue weighted by Gasteiger charge is -2.21. The molecule has 0 saturated heterocycles. The Morgan fingerprint density at radius 1 is 1.00 bits per heavy atom. The molecule has 106 valence electrons. The first-order valence-corrected chi connectivity index (χ1v) is 7.01. The number of nitrogens with two attached hydrogens (primary N) is 1. The second kappa shape index (κ2) is 5.89. The maximum Gasteiger partial charge on any atom is 0.0931 e. The number of hydrogen-bond acceptors (Lipinski definition) is 3. The summed E-state index contributed by atoms with van der Waals surface area (Å²) >= 11 is 0. The minimum atomic E-state index is -0.0577. The zero-order valence-corrected chi connectivity index (χ0v) is 11.9. The normalized spacial score (nSPS) is 13.8. The predicted molar refractivity (Wildman–Crippen MR) is 83.7 cm³/mol. The molecule has 21 heavy (non-hydrogen) atoms. The van der Waals surface area contributed by atoms with E-state index in [4.69, 9.17) is 5.73 Å². The van der Waals surface area contributed by atoms with Crippen LogP contribution in [0.1, 0.15) is 18.5 Å². The average molecular weight is 278 g/mol. The smallest absolute Gasteiger partial charge is 0.0931 e. The quantitative estimate of drug-likeness (QED) is 0.798. The van der Waals surface area contributed by atoms with Crippen molar-refractivity contribution in [1.29, 1.82) is 0 Å². The Bertz CT molecular complexity index is 689. The fraction of sp³-hybridized carbons (Fsp3) is 0.176. The molecule has 3 aromatic rings. The Morgan fingerprint density at radius 2 is 1.81 bits per heavy atom. The molecule has 1 aromatic carbocycles. The molecule has 4 heteroatoms. The molecule has 4 nitrogen and oxygen atoms in total. The molecule has 0 fully saturated rings. The van der Waals surface area contributed by atoms with Gasteiger partial charge >= 0.3 is 0 Å². The summed E-state index contributed by atoms with van der Waals surface area (Å²) in [4.78, 5) is 4.18. The second-order valence-corrected chi connectivity index (χ2v) is 5.17. The van der Waals surface area contributed by atoms with Crippen LogP contribution in [-0.2, 0) is 0 Å². The van der Waals surface area contributed by atoms with Crippen molar-refractivity contribution >= 4 is 0 Å². The summed E-state index contributed by atoms with van der Waals surface area (Å²) in [6, 6.07) is 14.1. The number of benzene rings is 1. The molecule has 0 aliphatic heterocycles. The number of rotatable bonds is 4. The van der Waals surface area contributed by atoms with E-state index in [1.165, 1.54) is 0 Å². The van der Waals surface area contributed by atoms with Crippen molar-refractivity contribution in [2.75, 3.05) is 0 Å². The van der Waals surface area contributed by atoms with Crippen LogP contribution in [0.3, 0.4) is 0 Å². The first-order chi connectivity index (χ1) is 10.3. The van der Waals surface area contributed by atoms with Crippen LogP contribution in [0.5, 0.6) is 0 Å². The Kier molecular flexibility index (Phi) is 3.79. The number of pyridine rings is 1. The number of nitrogens with zero attached hydrogens (tertiary/aromatic N) is 3. The fourth-order valence-corrected chi connectivity index (χ4v) is 2.52. The molecule has 2 aromatic heterocycles. The van der Waals surface area contributed by atoms with Gasteiger partial charge < -0.3 is 5.73 Å². The van der Waals surface area contributed by atoms with Gasteiger partial charge in [-0.05, 0) is 24.1 Å². The van der Waals surface area contributed by atoms with Crippen molar-refractivity contribution < 1.29 is 0 Å². The predicted octanol–water partition coefficient (Wildman–Crippen LogP) is 2.88. The van der Waals surface area contributed by atoms with Gasteiger partial charge in [0.05, 0.1) is 12.2 Å². The van der Waals surface area contributed by atoms with Crippen molar-refractivity contribution in [2.45, 2.75) is 19.0 Å². The first-order valence-electron chi connectivity index (χ1n) is 7.01. The van der Waals surface area contributed by atoms with Gasteiger partial charge in [0.2, 0.25) is 0 Å². The molecule has 2 heterocycles. The molecule has 0 aliphatic rings. The average Bonchev–Trinajstić information content (AvgIpc) is 2.98. The molecular formula is C17H18N4. The van der Waals surface area contributed by atoms with Gasteiger partial charge in [-0.25, -0.2) is 0 Å². The van der Waals surface area contributed by atoms with Crippen LogP contribution in [0.4, 0.5) is 0 Å². The zero-order chi connectivity index (χ0) is 14.7. The number of hydrogen-bond donors (Lipinski definition) is 1. The highest BCUT2D eigenvalue weighted by atomic mass is 15.3. The summed E-state index contributed by atoms with van der Waals surface area (Å²) < 4.78 is 1.92. The molecule has 0 amide bonds. The van der Waals surface area contributed by atoms with Gasteiger partial charge in [-0.1, -0.05) is 36.4 Å². The molecule has 3 rings (SSSR count). The van der Waals surface area contributed by atoms with E-state index >= 15 is 0 Å². The second-order valence-electron chi connectivity index (χ2n) is 5.17. The first kappa shape index (κ1) is 13.5. The zero-order valence-electron chi connectivity index (χ0n) is 11.9. The molecule has 0 radical (unpaired) electrons. The Morgan fingerprint density at radius 3 is 2.48 bits per heavy atom. The van der Waals surface area contributed by atoms with Crippen molar-refractivity contribution in [3.8, 4) is 11.1 Å². The molecule has 0 saturated carbocycles. The Hall–Kier alpha value is -2.46. The van der Waals surface area contributed by atoms with Crippen LogP contribution < -0.4 is 5.73 Å². The third-order valence-electron chi connectivity index (χ3n) is 3.52. The van der Waals surface area contributed by atoms with E-state index in [2.05, 4.69) is 22.2 Å². The van der Waals surface area contributed by atoms with Crippen LogP contribution in [0.15, 0.2) is 67.3 Å². The highest BCUT2D eigenvalue weighted by molar-refractivity contribution is 5.61.